The minimum atomic E-state index is -0.334. The molecule has 2 amide bonds. The highest BCUT2D eigenvalue weighted by atomic mass is 32.2. The number of carbonyl (C=O) groups excluding carboxylic acids is 2. The first-order valence-corrected chi connectivity index (χ1v) is 11.4. The van der Waals surface area contributed by atoms with Gasteiger partial charge in [-0.3, -0.25) is 9.59 Å². The predicted molar refractivity (Wildman–Crippen MR) is 124 cm³/mol. The Kier molecular flexibility index (Phi) is 6.67. The lowest BCUT2D eigenvalue weighted by molar-refractivity contribution is -0.113. The van der Waals surface area contributed by atoms with Gasteiger partial charge in [-0.15, -0.1) is 11.8 Å². The molecule has 158 valence electrons. The van der Waals surface area contributed by atoms with E-state index in [0.717, 1.165) is 30.6 Å². The van der Waals surface area contributed by atoms with Crippen LogP contribution in [0.15, 0.2) is 72.8 Å². The highest BCUT2D eigenvalue weighted by Gasteiger charge is 2.23. The lowest BCUT2D eigenvalue weighted by atomic mass is 10.0. The molecule has 1 N–H and O–H groups in total. The molecule has 3 aromatic rings. The summed E-state index contributed by atoms with van der Waals surface area (Å²) in [7, 11) is 0. The molecule has 4 rings (SSSR count). The Balaban J connectivity index is 1.30. The predicted octanol–water partition coefficient (Wildman–Crippen LogP) is 5.29. The average molecular weight is 435 g/mol. The number of hydrogen-bond acceptors (Lipinski definition) is 3. The summed E-state index contributed by atoms with van der Waals surface area (Å²) >= 11 is 1.49. The van der Waals surface area contributed by atoms with E-state index >= 15 is 0 Å². The van der Waals surface area contributed by atoms with Crippen LogP contribution in [0.4, 0.5) is 15.8 Å². The number of amides is 2. The molecule has 0 spiro atoms. The number of rotatable bonds is 6. The Hall–Kier alpha value is -3.12. The Labute approximate surface area is 185 Å². The second-order valence-corrected chi connectivity index (χ2v) is 8.42. The molecule has 3 aromatic carbocycles. The number of thioether (sulfide) groups is 1. The van der Waals surface area contributed by atoms with Crippen LogP contribution in [0.5, 0.6) is 0 Å². The van der Waals surface area contributed by atoms with Crippen LogP contribution in [0.2, 0.25) is 0 Å². The van der Waals surface area contributed by atoms with Gasteiger partial charge in [0.15, 0.2) is 0 Å². The number of aryl methyl sites for hydroxylation is 1. The molecule has 0 aromatic heterocycles. The smallest absolute Gasteiger partial charge is 0.258 e. The molecule has 1 heterocycles. The third-order valence-electron chi connectivity index (χ3n) is 5.19. The van der Waals surface area contributed by atoms with Gasteiger partial charge in [-0.05, 0) is 66.4 Å². The molecule has 6 heteroatoms. The van der Waals surface area contributed by atoms with Gasteiger partial charge >= 0.3 is 0 Å². The van der Waals surface area contributed by atoms with Gasteiger partial charge in [0.1, 0.15) is 5.82 Å². The largest absolute Gasteiger partial charge is 0.325 e. The van der Waals surface area contributed by atoms with Gasteiger partial charge in [0, 0.05) is 29.2 Å². The number of hydrogen-bond donors (Lipinski definition) is 1. The van der Waals surface area contributed by atoms with E-state index in [4.69, 9.17) is 0 Å². The normalized spacial score (nSPS) is 12.9. The molecule has 0 atom stereocenters. The highest BCUT2D eigenvalue weighted by molar-refractivity contribution is 7.99. The first kappa shape index (κ1) is 21.1. The Bertz CT molecular complexity index is 1070. The van der Waals surface area contributed by atoms with Crippen molar-refractivity contribution in [3.8, 4) is 0 Å². The van der Waals surface area contributed by atoms with Crippen molar-refractivity contribution in [2.24, 2.45) is 0 Å². The van der Waals surface area contributed by atoms with Gasteiger partial charge in [-0.2, -0.15) is 0 Å². The van der Waals surface area contributed by atoms with Crippen LogP contribution in [-0.4, -0.2) is 24.1 Å². The molecule has 0 radical (unpaired) electrons. The van der Waals surface area contributed by atoms with Crippen LogP contribution in [0.25, 0.3) is 0 Å². The van der Waals surface area contributed by atoms with E-state index in [-0.39, 0.29) is 17.6 Å². The average Bonchev–Trinajstić information content (AvgIpc) is 2.80. The zero-order valence-corrected chi connectivity index (χ0v) is 17.8. The molecular weight excluding hydrogens is 411 g/mol. The number of halogens is 1. The van der Waals surface area contributed by atoms with Crippen molar-refractivity contribution in [3.63, 3.8) is 0 Å². The minimum absolute atomic E-state index is 0.0185. The zero-order chi connectivity index (χ0) is 21.6. The fourth-order valence-corrected chi connectivity index (χ4v) is 4.42. The van der Waals surface area contributed by atoms with Crippen LogP contribution < -0.4 is 10.2 Å². The lowest BCUT2D eigenvalue weighted by Crippen LogP contribution is -2.35. The molecular formula is C25H23FN2O2S. The quantitative estimate of drug-likeness (QED) is 0.573. The van der Waals surface area contributed by atoms with Crippen LogP contribution in [-0.2, 0) is 17.0 Å². The minimum Gasteiger partial charge on any atom is -0.325 e. The number of benzene rings is 3. The van der Waals surface area contributed by atoms with E-state index in [2.05, 4.69) is 11.4 Å². The summed E-state index contributed by atoms with van der Waals surface area (Å²) in [5.41, 5.74) is 4.52. The van der Waals surface area contributed by atoms with Crippen molar-refractivity contribution in [3.05, 3.63) is 95.3 Å². The summed E-state index contributed by atoms with van der Waals surface area (Å²) in [5, 5.41) is 2.75. The second kappa shape index (κ2) is 9.79. The zero-order valence-electron chi connectivity index (χ0n) is 17.0. The Morgan fingerprint density at radius 1 is 0.968 bits per heavy atom. The summed E-state index contributed by atoms with van der Waals surface area (Å²) in [4.78, 5) is 26.9. The summed E-state index contributed by atoms with van der Waals surface area (Å²) in [6, 6.07) is 21.4. The fourth-order valence-electron chi connectivity index (χ4n) is 3.64. The topological polar surface area (TPSA) is 49.4 Å². The number of nitrogens with one attached hydrogen (secondary N) is 1. The molecule has 31 heavy (non-hydrogen) atoms. The van der Waals surface area contributed by atoms with Gasteiger partial charge in [-0.1, -0.05) is 30.3 Å². The van der Waals surface area contributed by atoms with Gasteiger partial charge in [0.25, 0.3) is 5.91 Å². The van der Waals surface area contributed by atoms with Crippen LogP contribution in [0.1, 0.15) is 27.9 Å². The van der Waals surface area contributed by atoms with E-state index < -0.39 is 0 Å². The van der Waals surface area contributed by atoms with Gasteiger partial charge in [-0.25, -0.2) is 4.39 Å². The summed E-state index contributed by atoms with van der Waals surface area (Å²) in [6.07, 6.45) is 1.97. The maximum absolute atomic E-state index is 13.0. The molecule has 0 aliphatic carbocycles. The monoisotopic (exact) mass is 434 g/mol. The number of anilines is 2. The Morgan fingerprint density at radius 3 is 2.48 bits per heavy atom. The van der Waals surface area contributed by atoms with E-state index in [1.54, 1.807) is 0 Å². The highest BCUT2D eigenvalue weighted by Crippen LogP contribution is 2.28. The fraction of sp³-hybridized carbons (Fsp3) is 0.200. The van der Waals surface area contributed by atoms with Crippen molar-refractivity contribution < 1.29 is 14.0 Å². The molecule has 1 aliphatic heterocycles. The SMILES string of the molecule is O=C(CSCc1ccc(C(=O)N2CCCc3ccccc32)cc1)Nc1ccc(F)cc1. The molecule has 0 fully saturated rings. The maximum Gasteiger partial charge on any atom is 0.258 e. The van der Waals surface area contributed by atoms with E-state index in [1.165, 1.54) is 41.6 Å². The first-order valence-electron chi connectivity index (χ1n) is 10.2. The van der Waals surface area contributed by atoms with Gasteiger partial charge < -0.3 is 10.2 Å². The molecule has 4 nitrogen and oxygen atoms in total. The van der Waals surface area contributed by atoms with E-state index in [0.29, 0.717) is 22.8 Å². The van der Waals surface area contributed by atoms with Crippen molar-refractivity contribution in [2.45, 2.75) is 18.6 Å². The maximum atomic E-state index is 13.0. The Morgan fingerprint density at radius 2 is 1.71 bits per heavy atom. The molecule has 1 aliphatic rings. The first-order chi connectivity index (χ1) is 15.1. The number of fused-ring (bicyclic) bond motifs is 1. The van der Waals surface area contributed by atoms with Crippen molar-refractivity contribution >= 4 is 35.0 Å². The van der Waals surface area contributed by atoms with E-state index in [1.807, 2.05) is 47.4 Å². The van der Waals surface area contributed by atoms with Crippen LogP contribution in [0.3, 0.4) is 0 Å². The lowest BCUT2D eigenvalue weighted by Gasteiger charge is -2.29. The summed E-state index contributed by atoms with van der Waals surface area (Å²) in [5.74, 6) is 0.511. The number of nitrogens with zero attached hydrogens (tertiary/aromatic N) is 1. The van der Waals surface area contributed by atoms with Crippen molar-refractivity contribution in [1.82, 2.24) is 0 Å². The van der Waals surface area contributed by atoms with Gasteiger partial charge in [0.2, 0.25) is 5.91 Å². The van der Waals surface area contributed by atoms with Crippen LogP contribution >= 0.6 is 11.8 Å². The summed E-state index contributed by atoms with van der Waals surface area (Å²) < 4.78 is 12.9. The van der Waals surface area contributed by atoms with Crippen molar-refractivity contribution in [2.75, 3.05) is 22.5 Å². The third-order valence-corrected chi connectivity index (χ3v) is 6.19. The van der Waals surface area contributed by atoms with E-state index in [9.17, 15) is 14.0 Å². The molecule has 0 bridgehead atoms. The molecule has 0 unspecified atom stereocenters. The van der Waals surface area contributed by atoms with Crippen LogP contribution in [0, 0.1) is 5.82 Å². The number of para-hydroxylation sites is 1. The van der Waals surface area contributed by atoms with Crippen molar-refractivity contribution in [1.29, 1.82) is 0 Å². The molecule has 0 saturated heterocycles. The standard InChI is InChI=1S/C25H23FN2O2S/c26-21-11-13-22(14-12-21)27-24(29)17-31-16-18-7-9-20(10-8-18)25(30)28-15-3-5-19-4-1-2-6-23(19)28/h1-2,4,6-14H,3,5,15-17H2,(H,27,29). The third kappa shape index (κ3) is 5.33. The summed E-state index contributed by atoms with van der Waals surface area (Å²) in [6.45, 7) is 0.733. The number of carbonyl (C=O) groups is 2. The molecule has 0 saturated carbocycles. The van der Waals surface area contributed by atoms with Gasteiger partial charge in [0.05, 0.1) is 5.75 Å². The second-order valence-electron chi connectivity index (χ2n) is 7.43.